The molecule has 2 atom stereocenters. The molecule has 0 radical (unpaired) electrons. The van der Waals surface area contributed by atoms with Crippen LogP contribution in [-0.2, 0) is 25.5 Å². The van der Waals surface area contributed by atoms with Gasteiger partial charge in [0.2, 0.25) is 17.7 Å². The Morgan fingerprint density at radius 3 is 2.47 bits per heavy atom. The Labute approximate surface area is 297 Å². The molecule has 51 heavy (non-hydrogen) atoms. The first-order chi connectivity index (χ1) is 24.5. The van der Waals surface area contributed by atoms with Crippen molar-refractivity contribution in [3.8, 4) is 17.2 Å². The van der Waals surface area contributed by atoms with Crippen LogP contribution in [-0.4, -0.2) is 70.2 Å². The van der Waals surface area contributed by atoms with Gasteiger partial charge in [0.05, 0.1) is 13.2 Å². The molecule has 1 aliphatic rings. The molecule has 1 unspecified atom stereocenters. The van der Waals surface area contributed by atoms with Crippen LogP contribution < -0.4 is 15.4 Å². The molecule has 0 saturated heterocycles. The van der Waals surface area contributed by atoms with Crippen LogP contribution in [0.15, 0.2) is 40.9 Å². The van der Waals surface area contributed by atoms with Gasteiger partial charge >= 0.3 is 5.97 Å². The monoisotopic (exact) mass is 704 g/mol. The molecule has 0 bridgehead atoms. The number of carbonyl (C=O) groups excluding carboxylic acids is 4. The van der Waals surface area contributed by atoms with Crippen LogP contribution >= 0.6 is 0 Å². The molecule has 1 aliphatic heterocycles. The number of benzene rings is 2. The van der Waals surface area contributed by atoms with Gasteiger partial charge in [-0.25, -0.2) is 4.79 Å². The summed E-state index contributed by atoms with van der Waals surface area (Å²) < 4.78 is 16.2. The molecule has 2 amide bonds. The van der Waals surface area contributed by atoms with Gasteiger partial charge in [0, 0.05) is 62.6 Å². The maximum Gasteiger partial charge on any atom is 0.342 e. The van der Waals surface area contributed by atoms with Crippen molar-refractivity contribution in [3.05, 3.63) is 70.4 Å². The third-order valence-corrected chi connectivity index (χ3v) is 8.64. The Balaban J connectivity index is 1.53. The summed E-state index contributed by atoms with van der Waals surface area (Å²) in [5.41, 5.74) is 0.672. The van der Waals surface area contributed by atoms with Crippen LogP contribution in [0.4, 0.5) is 0 Å². The molecule has 2 aromatic carbocycles. The van der Waals surface area contributed by atoms with Crippen LogP contribution in [0.2, 0.25) is 0 Å². The number of hydrogen-bond donors (Lipinski definition) is 4. The largest absolute Gasteiger partial charge is 0.507 e. The minimum Gasteiger partial charge on any atom is -0.507 e. The Morgan fingerprint density at radius 1 is 1.04 bits per heavy atom. The number of carbonyl (C=O) groups is 4. The van der Waals surface area contributed by atoms with E-state index in [1.165, 1.54) is 13.2 Å². The average molecular weight is 705 g/mol. The lowest BCUT2D eigenvalue weighted by atomic mass is 9.84. The van der Waals surface area contributed by atoms with Crippen molar-refractivity contribution < 1.29 is 43.4 Å². The fourth-order valence-corrected chi connectivity index (χ4v) is 5.82. The Morgan fingerprint density at radius 2 is 1.76 bits per heavy atom. The molecule has 0 aliphatic carbocycles. The number of aromatic nitrogens is 2. The first kappa shape index (κ1) is 38.6. The van der Waals surface area contributed by atoms with E-state index in [1.54, 1.807) is 43.3 Å². The number of ether oxygens (including phenoxy) is 2. The predicted octanol–water partition coefficient (Wildman–Crippen LogP) is 5.48. The van der Waals surface area contributed by atoms with E-state index in [1.807, 2.05) is 13.8 Å². The summed E-state index contributed by atoms with van der Waals surface area (Å²) in [6.45, 7) is 5.97. The van der Waals surface area contributed by atoms with Crippen molar-refractivity contribution >= 4 is 29.6 Å². The summed E-state index contributed by atoms with van der Waals surface area (Å²) in [5.74, 6) is -1.33. The quantitative estimate of drug-likeness (QED) is 0.175. The normalized spacial score (nSPS) is 16.1. The maximum atomic E-state index is 13.6. The predicted molar refractivity (Wildman–Crippen MR) is 189 cm³/mol. The van der Waals surface area contributed by atoms with Gasteiger partial charge in [-0.1, -0.05) is 43.3 Å². The summed E-state index contributed by atoms with van der Waals surface area (Å²) in [7, 11) is 1.52. The smallest absolute Gasteiger partial charge is 0.342 e. The second kappa shape index (κ2) is 18.7. The topological polar surface area (TPSA) is 190 Å². The van der Waals surface area contributed by atoms with Gasteiger partial charge in [0.1, 0.15) is 28.6 Å². The number of Topliss-reactive ketones (excluding diaryl/α,β-unsaturated/α-hetero) is 1. The molecule has 2 heterocycles. The zero-order valence-corrected chi connectivity index (χ0v) is 29.7. The molecular formula is C38H48N4O9. The number of hydrogen-bond acceptors (Lipinski definition) is 11. The molecule has 13 heteroatoms. The molecule has 1 aromatic heterocycles. The third-order valence-electron chi connectivity index (χ3n) is 8.64. The molecule has 4 N–H and O–H groups in total. The van der Waals surface area contributed by atoms with Crippen LogP contribution in [0.25, 0.3) is 6.08 Å². The fourth-order valence-electron chi connectivity index (χ4n) is 5.82. The van der Waals surface area contributed by atoms with Crippen LogP contribution in [0.1, 0.15) is 123 Å². The standard InChI is InChI=1S/C38H48N4O9/c1-23(2)37-41-33(51-42-37)18-20-39-31(45)17-19-40-32(46)22-29(25-13-15-28(49-4)16-14-25)35-30(44)21-26-10-6-5-7-11-27(43)12-8-9-24(3)50-38(48)34(26)36(35)47/h6,10,13-16,21,23-24,29,44,47H,5,7-9,11-12,17-20,22H2,1-4H3,(H,39,45)(H,40,46)/t24-,29?/m0/s1. The molecule has 3 aromatic rings. The Bertz CT molecular complexity index is 1700. The highest BCUT2D eigenvalue weighted by Gasteiger charge is 2.31. The number of aromatic hydroxyl groups is 2. The summed E-state index contributed by atoms with van der Waals surface area (Å²) in [6.07, 6.45) is 6.12. The van der Waals surface area contributed by atoms with Gasteiger partial charge in [-0.15, -0.1) is 0 Å². The van der Waals surface area contributed by atoms with Crippen molar-refractivity contribution in [1.82, 2.24) is 20.8 Å². The SMILES string of the molecule is COc1ccc(C(CC(=O)NCCC(=O)NCCc2nc(C(C)C)no2)c2c(O)cc3c(c2O)C(=O)O[C@@H](C)CCCC(=O)CCCC=C3)cc1. The van der Waals surface area contributed by atoms with Gasteiger partial charge < -0.3 is 34.8 Å². The molecule has 0 spiro atoms. The summed E-state index contributed by atoms with van der Waals surface area (Å²) in [5, 5.41) is 32.5. The molecular weight excluding hydrogens is 656 g/mol. The van der Waals surface area contributed by atoms with E-state index in [9.17, 15) is 29.4 Å². The zero-order chi connectivity index (χ0) is 36.9. The summed E-state index contributed by atoms with van der Waals surface area (Å²) >= 11 is 0. The highest BCUT2D eigenvalue weighted by Crippen LogP contribution is 2.44. The van der Waals surface area contributed by atoms with Crippen molar-refractivity contribution in [1.29, 1.82) is 0 Å². The number of ketones is 1. The minimum absolute atomic E-state index is 0.0138. The third kappa shape index (κ3) is 11.1. The van der Waals surface area contributed by atoms with Crippen molar-refractivity contribution in [2.45, 2.75) is 96.5 Å². The van der Waals surface area contributed by atoms with Crippen LogP contribution in [0.5, 0.6) is 17.2 Å². The lowest BCUT2D eigenvalue weighted by molar-refractivity contribution is -0.122. The number of phenols is 2. The van der Waals surface area contributed by atoms with E-state index in [2.05, 4.69) is 20.8 Å². The number of rotatable bonds is 12. The number of nitrogens with one attached hydrogen (secondary N) is 2. The average Bonchev–Trinajstić information content (AvgIpc) is 3.56. The van der Waals surface area contributed by atoms with E-state index in [0.717, 1.165) is 0 Å². The lowest BCUT2D eigenvalue weighted by Crippen LogP contribution is -2.32. The van der Waals surface area contributed by atoms with Gasteiger partial charge in [-0.05, 0) is 61.9 Å². The molecule has 4 rings (SSSR count). The number of esters is 1. The zero-order valence-electron chi connectivity index (χ0n) is 29.7. The minimum atomic E-state index is -0.895. The highest BCUT2D eigenvalue weighted by molar-refractivity contribution is 5.98. The number of allylic oxidation sites excluding steroid dienone is 1. The lowest BCUT2D eigenvalue weighted by Gasteiger charge is -2.23. The fraction of sp³-hybridized carbons (Fsp3) is 0.474. The van der Waals surface area contributed by atoms with Gasteiger partial charge in [0.25, 0.3) is 0 Å². The Hall–Kier alpha value is -5.20. The Kier molecular flexibility index (Phi) is 14.2. The first-order valence-electron chi connectivity index (χ1n) is 17.4. The van der Waals surface area contributed by atoms with Gasteiger partial charge in [-0.2, -0.15) is 4.98 Å². The number of methoxy groups -OCH3 is 1. The van der Waals surface area contributed by atoms with E-state index in [-0.39, 0.29) is 59.4 Å². The number of amides is 2. The van der Waals surface area contributed by atoms with E-state index >= 15 is 0 Å². The summed E-state index contributed by atoms with van der Waals surface area (Å²) in [6, 6.07) is 8.19. The van der Waals surface area contributed by atoms with Crippen LogP contribution in [0, 0.1) is 0 Å². The molecule has 0 saturated carbocycles. The van der Waals surface area contributed by atoms with E-state index < -0.39 is 29.6 Å². The van der Waals surface area contributed by atoms with Crippen LogP contribution in [0.3, 0.4) is 0 Å². The van der Waals surface area contributed by atoms with Crippen molar-refractivity contribution in [3.63, 3.8) is 0 Å². The maximum absolute atomic E-state index is 13.6. The van der Waals surface area contributed by atoms with Gasteiger partial charge in [0.15, 0.2) is 5.82 Å². The number of fused-ring (bicyclic) bond motifs is 1. The molecule has 0 fully saturated rings. The number of nitrogens with zero attached hydrogens (tertiary/aromatic N) is 2. The first-order valence-corrected chi connectivity index (χ1v) is 17.4. The van der Waals surface area contributed by atoms with Crippen molar-refractivity contribution in [2.24, 2.45) is 0 Å². The highest BCUT2D eigenvalue weighted by atomic mass is 16.5. The second-order valence-corrected chi connectivity index (χ2v) is 13.0. The number of phenolic OH excluding ortho intramolecular Hbond substituents is 2. The van der Waals surface area contributed by atoms with E-state index in [0.29, 0.717) is 74.5 Å². The number of cyclic esters (lactones) is 1. The summed E-state index contributed by atoms with van der Waals surface area (Å²) in [4.78, 5) is 55.8. The molecule has 13 nitrogen and oxygen atoms in total. The molecule has 274 valence electrons. The van der Waals surface area contributed by atoms with Gasteiger partial charge in [-0.3, -0.25) is 14.4 Å². The van der Waals surface area contributed by atoms with Crippen molar-refractivity contribution in [2.75, 3.05) is 20.2 Å². The van der Waals surface area contributed by atoms with E-state index in [4.69, 9.17) is 14.0 Å². The second-order valence-electron chi connectivity index (χ2n) is 13.0.